The van der Waals surface area contributed by atoms with E-state index in [1.54, 1.807) is 0 Å². The van der Waals surface area contributed by atoms with Gasteiger partial charge in [-0.2, -0.15) is 0 Å². The van der Waals surface area contributed by atoms with Gasteiger partial charge in [0.1, 0.15) is 0 Å². The summed E-state index contributed by atoms with van der Waals surface area (Å²) in [6, 6.07) is 0. The van der Waals surface area contributed by atoms with Gasteiger partial charge in [-0.15, -0.1) is 0 Å². The van der Waals surface area contributed by atoms with Crippen molar-refractivity contribution in [2.24, 2.45) is 5.41 Å². The lowest BCUT2D eigenvalue weighted by Gasteiger charge is -2.53. The fraction of sp³-hybridized carbons (Fsp3) is 1.00. The average Bonchev–Trinajstić information content (AvgIpc) is 1.97. The Morgan fingerprint density at radius 2 is 1.06 bits per heavy atom. The van der Waals surface area contributed by atoms with Crippen molar-refractivity contribution in [3.63, 3.8) is 0 Å². The van der Waals surface area contributed by atoms with Crippen LogP contribution >= 0.6 is 0 Å². The summed E-state index contributed by atoms with van der Waals surface area (Å²) in [6.45, 7) is 22.1. The number of nitrogens with zero attached hydrogens (tertiary/aromatic N) is 2. The molecule has 1 aliphatic heterocycles. The van der Waals surface area contributed by atoms with Gasteiger partial charge in [0.2, 0.25) is 0 Å². The van der Waals surface area contributed by atoms with Crippen molar-refractivity contribution in [1.29, 1.82) is 0 Å². The molecule has 16 heavy (non-hydrogen) atoms. The van der Waals surface area contributed by atoms with Crippen LogP contribution in [0.3, 0.4) is 0 Å². The molecule has 1 saturated heterocycles. The van der Waals surface area contributed by atoms with Crippen molar-refractivity contribution in [3.8, 4) is 0 Å². The van der Waals surface area contributed by atoms with E-state index < -0.39 is 0 Å². The van der Waals surface area contributed by atoms with E-state index in [9.17, 15) is 0 Å². The van der Waals surface area contributed by atoms with E-state index in [2.05, 4.69) is 65.2 Å². The standard InChI is InChI=1S/C14H30N2/c1-12(2,3)15-9-14(7,8)10-16(11-15)13(4,5)6/h9-11H2,1-8H3. The van der Waals surface area contributed by atoms with E-state index in [1.807, 2.05) is 0 Å². The molecule has 0 aromatic carbocycles. The third-order valence-corrected chi connectivity index (χ3v) is 3.48. The molecular formula is C14H30N2. The molecule has 0 aliphatic carbocycles. The number of rotatable bonds is 0. The maximum absolute atomic E-state index is 2.60. The van der Waals surface area contributed by atoms with Crippen LogP contribution in [0.1, 0.15) is 55.4 Å². The first-order valence-electron chi connectivity index (χ1n) is 6.42. The highest BCUT2D eigenvalue weighted by Gasteiger charge is 2.39. The highest BCUT2D eigenvalue weighted by molar-refractivity contribution is 4.92. The van der Waals surface area contributed by atoms with Gasteiger partial charge in [0.15, 0.2) is 0 Å². The maximum Gasteiger partial charge on any atom is 0.0516 e. The van der Waals surface area contributed by atoms with Crippen molar-refractivity contribution in [1.82, 2.24) is 9.80 Å². The van der Waals surface area contributed by atoms with E-state index in [0.717, 1.165) is 6.67 Å². The van der Waals surface area contributed by atoms with Gasteiger partial charge < -0.3 is 0 Å². The fourth-order valence-corrected chi connectivity index (χ4v) is 2.29. The summed E-state index contributed by atoms with van der Waals surface area (Å²) in [5, 5.41) is 0. The van der Waals surface area contributed by atoms with Crippen LogP contribution in [0.15, 0.2) is 0 Å². The predicted octanol–water partition coefficient (Wildman–Crippen LogP) is 3.18. The second-order valence-electron chi connectivity index (χ2n) is 8.04. The molecule has 2 heteroatoms. The Balaban J connectivity index is 2.86. The minimum absolute atomic E-state index is 0.265. The molecule has 0 radical (unpaired) electrons. The largest absolute Gasteiger partial charge is 0.285 e. The zero-order valence-corrected chi connectivity index (χ0v) is 12.5. The summed E-state index contributed by atoms with van der Waals surface area (Å²) < 4.78 is 0. The third kappa shape index (κ3) is 3.46. The molecule has 0 spiro atoms. The van der Waals surface area contributed by atoms with Crippen molar-refractivity contribution >= 4 is 0 Å². The van der Waals surface area contributed by atoms with E-state index in [1.165, 1.54) is 13.1 Å². The topological polar surface area (TPSA) is 6.48 Å². The van der Waals surface area contributed by atoms with Gasteiger partial charge in [0.25, 0.3) is 0 Å². The highest BCUT2D eigenvalue weighted by atomic mass is 15.4. The summed E-state index contributed by atoms with van der Waals surface area (Å²) in [4.78, 5) is 5.20. The summed E-state index contributed by atoms with van der Waals surface area (Å²) in [6.07, 6.45) is 0. The maximum atomic E-state index is 2.60. The Morgan fingerprint density at radius 1 is 0.750 bits per heavy atom. The molecule has 96 valence electrons. The molecule has 2 nitrogen and oxygen atoms in total. The minimum Gasteiger partial charge on any atom is -0.285 e. The number of hydrogen-bond donors (Lipinski definition) is 0. The molecule has 0 amide bonds. The first kappa shape index (κ1) is 14.0. The van der Waals surface area contributed by atoms with E-state index in [0.29, 0.717) is 5.41 Å². The summed E-state index contributed by atoms with van der Waals surface area (Å²) in [5.74, 6) is 0. The molecule has 0 aromatic heterocycles. The molecule has 0 bridgehead atoms. The Morgan fingerprint density at radius 3 is 1.31 bits per heavy atom. The lowest BCUT2D eigenvalue weighted by Crippen LogP contribution is -2.62. The zero-order valence-electron chi connectivity index (χ0n) is 12.5. The monoisotopic (exact) mass is 226 g/mol. The number of hydrogen-bond acceptors (Lipinski definition) is 2. The Bertz CT molecular complexity index is 218. The molecule has 0 atom stereocenters. The normalized spacial score (nSPS) is 24.8. The van der Waals surface area contributed by atoms with Gasteiger partial charge >= 0.3 is 0 Å². The molecule has 1 fully saturated rings. The van der Waals surface area contributed by atoms with Gasteiger partial charge in [0, 0.05) is 24.2 Å². The van der Waals surface area contributed by atoms with Gasteiger partial charge in [-0.3, -0.25) is 9.80 Å². The van der Waals surface area contributed by atoms with Crippen LogP contribution in [0.2, 0.25) is 0 Å². The van der Waals surface area contributed by atoms with Crippen LogP contribution in [-0.2, 0) is 0 Å². The van der Waals surface area contributed by atoms with Gasteiger partial charge in [-0.25, -0.2) is 0 Å². The average molecular weight is 226 g/mol. The van der Waals surface area contributed by atoms with Crippen LogP contribution in [-0.4, -0.2) is 40.6 Å². The summed E-state index contributed by atoms with van der Waals surface area (Å²) >= 11 is 0. The lowest BCUT2D eigenvalue weighted by atomic mass is 9.86. The van der Waals surface area contributed by atoms with E-state index in [4.69, 9.17) is 0 Å². The zero-order chi connectivity index (χ0) is 12.8. The second-order valence-corrected chi connectivity index (χ2v) is 8.04. The van der Waals surface area contributed by atoms with Crippen LogP contribution < -0.4 is 0 Å². The first-order valence-corrected chi connectivity index (χ1v) is 6.42. The molecule has 0 aromatic rings. The Kier molecular flexibility index (Phi) is 3.49. The van der Waals surface area contributed by atoms with Gasteiger partial charge in [-0.1, -0.05) is 13.8 Å². The van der Waals surface area contributed by atoms with E-state index in [-0.39, 0.29) is 11.1 Å². The smallest absolute Gasteiger partial charge is 0.0516 e. The van der Waals surface area contributed by atoms with Crippen molar-refractivity contribution in [3.05, 3.63) is 0 Å². The fourth-order valence-electron chi connectivity index (χ4n) is 2.29. The molecule has 0 unspecified atom stereocenters. The van der Waals surface area contributed by atoms with Crippen molar-refractivity contribution in [2.75, 3.05) is 19.8 Å². The molecular weight excluding hydrogens is 196 g/mol. The third-order valence-electron chi connectivity index (χ3n) is 3.48. The van der Waals surface area contributed by atoms with Crippen molar-refractivity contribution < 1.29 is 0 Å². The first-order chi connectivity index (χ1) is 6.92. The summed E-state index contributed by atoms with van der Waals surface area (Å²) in [7, 11) is 0. The second kappa shape index (κ2) is 3.99. The molecule has 0 saturated carbocycles. The lowest BCUT2D eigenvalue weighted by molar-refractivity contribution is -0.0734. The van der Waals surface area contributed by atoms with E-state index >= 15 is 0 Å². The summed E-state index contributed by atoms with van der Waals surface area (Å²) in [5.41, 5.74) is 0.918. The highest BCUT2D eigenvalue weighted by Crippen LogP contribution is 2.32. The SMILES string of the molecule is CC1(C)CN(C(C)(C)C)CN(C(C)(C)C)C1. The van der Waals surface area contributed by atoms with Crippen molar-refractivity contribution in [2.45, 2.75) is 66.5 Å². The van der Waals surface area contributed by atoms with Crippen LogP contribution in [0, 0.1) is 5.41 Å². The predicted molar refractivity (Wildman–Crippen MR) is 71.6 cm³/mol. The van der Waals surface area contributed by atoms with Crippen LogP contribution in [0.4, 0.5) is 0 Å². The Labute approximate surface area is 102 Å². The van der Waals surface area contributed by atoms with Crippen LogP contribution in [0.25, 0.3) is 0 Å². The van der Waals surface area contributed by atoms with Gasteiger partial charge in [-0.05, 0) is 47.0 Å². The van der Waals surface area contributed by atoms with Gasteiger partial charge in [0.05, 0.1) is 6.67 Å². The minimum atomic E-state index is 0.265. The quantitative estimate of drug-likeness (QED) is 0.626. The molecule has 1 heterocycles. The Hall–Kier alpha value is -0.0800. The molecule has 1 rings (SSSR count). The van der Waals surface area contributed by atoms with Crippen LogP contribution in [0.5, 0.6) is 0 Å². The molecule has 1 aliphatic rings. The molecule has 0 N–H and O–H groups in total.